The second kappa shape index (κ2) is 4.86. The van der Waals surface area contributed by atoms with E-state index in [1.165, 1.54) is 0 Å². The van der Waals surface area contributed by atoms with E-state index in [1.54, 1.807) is 20.3 Å². The third kappa shape index (κ3) is 2.39. The minimum atomic E-state index is -0.459. The minimum Gasteiger partial charge on any atom is -0.497 e. The van der Waals surface area contributed by atoms with Gasteiger partial charge in [0.05, 0.1) is 20.3 Å². The molecule has 0 aliphatic rings. The Kier molecular flexibility index (Phi) is 3.77. The second-order valence-corrected chi connectivity index (χ2v) is 3.07. The number of hydrogen-bond acceptors (Lipinski definition) is 3. The predicted molar refractivity (Wildman–Crippen MR) is 54.8 cm³/mol. The maximum Gasteiger partial charge on any atom is 0.122 e. The fourth-order valence-electron chi connectivity index (χ4n) is 1.26. The molecular weight excluding hydrogens is 180 g/mol. The van der Waals surface area contributed by atoms with Crippen LogP contribution in [0.2, 0.25) is 0 Å². The number of aliphatic hydroxyl groups excluding tert-OH is 1. The second-order valence-electron chi connectivity index (χ2n) is 3.07. The van der Waals surface area contributed by atoms with E-state index in [0.717, 1.165) is 5.56 Å². The van der Waals surface area contributed by atoms with Gasteiger partial charge in [0.15, 0.2) is 0 Å². The van der Waals surface area contributed by atoms with Crippen LogP contribution in [0.15, 0.2) is 18.2 Å². The number of hydrogen-bond donors (Lipinski definition) is 1. The average molecular weight is 196 g/mol. The summed E-state index contributed by atoms with van der Waals surface area (Å²) < 4.78 is 10.2. The van der Waals surface area contributed by atoms with E-state index < -0.39 is 6.10 Å². The van der Waals surface area contributed by atoms with Crippen molar-refractivity contribution in [3.05, 3.63) is 23.8 Å². The van der Waals surface area contributed by atoms with E-state index in [4.69, 9.17) is 9.47 Å². The Labute approximate surface area is 84.3 Å². The van der Waals surface area contributed by atoms with Gasteiger partial charge in [-0.05, 0) is 24.1 Å². The van der Waals surface area contributed by atoms with Gasteiger partial charge in [0.25, 0.3) is 0 Å². The molecule has 3 nitrogen and oxygen atoms in total. The SMILES string of the molecule is CC[C@H](O)c1cc(OC)cc(OC)c1. The molecule has 1 aromatic carbocycles. The Morgan fingerprint density at radius 2 is 1.64 bits per heavy atom. The Morgan fingerprint density at radius 1 is 1.14 bits per heavy atom. The van der Waals surface area contributed by atoms with Gasteiger partial charge in [0.2, 0.25) is 0 Å². The molecule has 3 heteroatoms. The Hall–Kier alpha value is -1.22. The minimum absolute atomic E-state index is 0.459. The van der Waals surface area contributed by atoms with Gasteiger partial charge < -0.3 is 14.6 Å². The van der Waals surface area contributed by atoms with Crippen LogP contribution in [-0.4, -0.2) is 19.3 Å². The lowest BCUT2D eigenvalue weighted by Crippen LogP contribution is -1.97. The number of rotatable bonds is 4. The molecule has 0 unspecified atom stereocenters. The number of ether oxygens (including phenoxy) is 2. The first-order chi connectivity index (χ1) is 6.71. The fourth-order valence-corrected chi connectivity index (χ4v) is 1.26. The van der Waals surface area contributed by atoms with Gasteiger partial charge in [-0.3, -0.25) is 0 Å². The first-order valence-electron chi connectivity index (χ1n) is 4.62. The molecule has 0 aromatic heterocycles. The van der Waals surface area contributed by atoms with Crippen molar-refractivity contribution in [2.75, 3.05) is 14.2 Å². The van der Waals surface area contributed by atoms with Crippen molar-refractivity contribution in [2.24, 2.45) is 0 Å². The molecule has 0 amide bonds. The first-order valence-corrected chi connectivity index (χ1v) is 4.62. The van der Waals surface area contributed by atoms with Crippen molar-refractivity contribution in [3.8, 4) is 11.5 Å². The van der Waals surface area contributed by atoms with Crippen LogP contribution < -0.4 is 9.47 Å². The van der Waals surface area contributed by atoms with Crippen LogP contribution in [0.5, 0.6) is 11.5 Å². The molecule has 0 spiro atoms. The molecule has 0 aliphatic heterocycles. The van der Waals surface area contributed by atoms with Crippen molar-refractivity contribution in [3.63, 3.8) is 0 Å². The molecule has 0 heterocycles. The zero-order valence-electron chi connectivity index (χ0n) is 8.78. The molecule has 0 saturated heterocycles. The highest BCUT2D eigenvalue weighted by molar-refractivity contribution is 5.39. The molecule has 1 aromatic rings. The van der Waals surface area contributed by atoms with Crippen molar-refractivity contribution >= 4 is 0 Å². The molecule has 1 N–H and O–H groups in total. The van der Waals surface area contributed by atoms with Crippen LogP contribution in [0.3, 0.4) is 0 Å². The zero-order valence-corrected chi connectivity index (χ0v) is 8.78. The Balaban J connectivity index is 3.04. The lowest BCUT2D eigenvalue weighted by atomic mass is 10.1. The molecule has 1 atom stereocenters. The van der Waals surface area contributed by atoms with Crippen molar-refractivity contribution < 1.29 is 14.6 Å². The lowest BCUT2D eigenvalue weighted by Gasteiger charge is -2.11. The molecule has 0 aliphatic carbocycles. The quantitative estimate of drug-likeness (QED) is 0.801. The molecule has 14 heavy (non-hydrogen) atoms. The smallest absolute Gasteiger partial charge is 0.122 e. The van der Waals surface area contributed by atoms with Crippen LogP contribution >= 0.6 is 0 Å². The molecule has 0 fully saturated rings. The van der Waals surface area contributed by atoms with Gasteiger partial charge >= 0.3 is 0 Å². The van der Waals surface area contributed by atoms with E-state index >= 15 is 0 Å². The zero-order chi connectivity index (χ0) is 10.6. The highest BCUT2D eigenvalue weighted by atomic mass is 16.5. The van der Waals surface area contributed by atoms with Crippen LogP contribution in [0.25, 0.3) is 0 Å². The first kappa shape index (κ1) is 10.9. The van der Waals surface area contributed by atoms with Crippen LogP contribution in [0.4, 0.5) is 0 Å². The summed E-state index contributed by atoms with van der Waals surface area (Å²) in [5.41, 5.74) is 0.823. The van der Waals surface area contributed by atoms with E-state index in [2.05, 4.69) is 0 Å². The lowest BCUT2D eigenvalue weighted by molar-refractivity contribution is 0.173. The van der Waals surface area contributed by atoms with Gasteiger partial charge in [-0.1, -0.05) is 6.92 Å². The average Bonchev–Trinajstić information content (AvgIpc) is 2.27. The summed E-state index contributed by atoms with van der Waals surface area (Å²) in [6.45, 7) is 1.93. The molecule has 0 radical (unpaired) electrons. The normalized spacial score (nSPS) is 12.3. The largest absolute Gasteiger partial charge is 0.497 e. The summed E-state index contributed by atoms with van der Waals surface area (Å²) in [6, 6.07) is 5.42. The summed E-state index contributed by atoms with van der Waals surface area (Å²) in [4.78, 5) is 0. The third-order valence-electron chi connectivity index (χ3n) is 2.15. The summed E-state index contributed by atoms with van der Waals surface area (Å²) in [5.74, 6) is 1.40. The predicted octanol–water partition coefficient (Wildman–Crippen LogP) is 2.15. The number of benzene rings is 1. The van der Waals surface area contributed by atoms with E-state index in [-0.39, 0.29) is 0 Å². The van der Waals surface area contributed by atoms with Crippen LogP contribution in [0, 0.1) is 0 Å². The van der Waals surface area contributed by atoms with Crippen molar-refractivity contribution in [1.29, 1.82) is 0 Å². The van der Waals surface area contributed by atoms with Crippen LogP contribution in [-0.2, 0) is 0 Å². The monoisotopic (exact) mass is 196 g/mol. The molecular formula is C11H16O3. The summed E-state index contributed by atoms with van der Waals surface area (Å²) >= 11 is 0. The van der Waals surface area contributed by atoms with Gasteiger partial charge in [-0.25, -0.2) is 0 Å². The molecule has 1 rings (SSSR count). The Morgan fingerprint density at radius 3 is 2.00 bits per heavy atom. The standard InChI is InChI=1S/C11H16O3/c1-4-11(12)8-5-9(13-2)7-10(6-8)14-3/h5-7,11-12H,4H2,1-3H3/t11-/m0/s1. The number of methoxy groups -OCH3 is 2. The third-order valence-corrected chi connectivity index (χ3v) is 2.15. The highest BCUT2D eigenvalue weighted by Gasteiger charge is 2.08. The maximum absolute atomic E-state index is 9.66. The summed E-state index contributed by atoms with van der Waals surface area (Å²) in [7, 11) is 3.19. The topological polar surface area (TPSA) is 38.7 Å². The number of aliphatic hydroxyl groups is 1. The Bertz CT molecular complexity index is 274. The summed E-state index contributed by atoms with van der Waals surface area (Å²) in [6.07, 6.45) is 0.218. The van der Waals surface area contributed by atoms with E-state index in [0.29, 0.717) is 17.9 Å². The molecule has 0 bridgehead atoms. The van der Waals surface area contributed by atoms with Gasteiger partial charge in [0.1, 0.15) is 11.5 Å². The van der Waals surface area contributed by atoms with E-state index in [1.807, 2.05) is 19.1 Å². The summed E-state index contributed by atoms with van der Waals surface area (Å²) in [5, 5.41) is 9.66. The van der Waals surface area contributed by atoms with Gasteiger partial charge in [-0.2, -0.15) is 0 Å². The van der Waals surface area contributed by atoms with Gasteiger partial charge in [-0.15, -0.1) is 0 Å². The fraction of sp³-hybridized carbons (Fsp3) is 0.455. The van der Waals surface area contributed by atoms with E-state index in [9.17, 15) is 5.11 Å². The van der Waals surface area contributed by atoms with Gasteiger partial charge in [0, 0.05) is 6.07 Å². The van der Waals surface area contributed by atoms with Crippen LogP contribution in [0.1, 0.15) is 25.0 Å². The molecule has 78 valence electrons. The van der Waals surface area contributed by atoms with Crippen molar-refractivity contribution in [2.45, 2.75) is 19.4 Å². The van der Waals surface area contributed by atoms with Crippen molar-refractivity contribution in [1.82, 2.24) is 0 Å². The molecule has 0 saturated carbocycles. The maximum atomic E-state index is 9.66. The highest BCUT2D eigenvalue weighted by Crippen LogP contribution is 2.27.